The summed E-state index contributed by atoms with van der Waals surface area (Å²) in [7, 11) is 1.91. The van der Waals surface area contributed by atoms with Gasteiger partial charge in [0.05, 0.1) is 15.9 Å². The molecule has 0 saturated heterocycles. The molecule has 5 nitrogen and oxygen atoms in total. The fraction of sp³-hybridized carbons (Fsp3) is 0.267. The number of thiazole rings is 1. The standard InChI is InChI=1S/C15H15BrN4OS/c1-4-20-11(8-9(2)18-20)14(21)17-15-19(3)13-10(16)6-5-7-12(13)22-15/h5-8H,4H2,1-3H3. The maximum absolute atomic E-state index is 12.5. The highest BCUT2D eigenvalue weighted by Gasteiger charge is 2.13. The van der Waals surface area contributed by atoms with Crippen molar-refractivity contribution in [3.63, 3.8) is 0 Å². The topological polar surface area (TPSA) is 52.2 Å². The molecule has 0 spiro atoms. The van der Waals surface area contributed by atoms with Crippen LogP contribution in [-0.2, 0) is 13.6 Å². The van der Waals surface area contributed by atoms with Crippen molar-refractivity contribution in [3.8, 4) is 0 Å². The molecule has 0 aliphatic rings. The summed E-state index contributed by atoms with van der Waals surface area (Å²) in [4.78, 5) is 17.4. The first-order valence-electron chi connectivity index (χ1n) is 6.88. The van der Waals surface area contributed by atoms with Crippen molar-refractivity contribution in [1.29, 1.82) is 0 Å². The molecule has 0 fully saturated rings. The molecule has 22 heavy (non-hydrogen) atoms. The number of carbonyl (C=O) groups excluding carboxylic acids is 1. The Morgan fingerprint density at radius 2 is 2.23 bits per heavy atom. The Labute approximate surface area is 140 Å². The first-order valence-corrected chi connectivity index (χ1v) is 8.49. The van der Waals surface area contributed by atoms with Crippen LogP contribution in [0.3, 0.4) is 0 Å². The first kappa shape index (κ1) is 15.2. The molecule has 0 radical (unpaired) electrons. The summed E-state index contributed by atoms with van der Waals surface area (Å²) in [6, 6.07) is 7.76. The number of hydrogen-bond acceptors (Lipinski definition) is 3. The van der Waals surface area contributed by atoms with Gasteiger partial charge in [-0.25, -0.2) is 0 Å². The number of nitrogens with zero attached hydrogens (tertiary/aromatic N) is 4. The summed E-state index contributed by atoms with van der Waals surface area (Å²) in [5, 5.41) is 4.30. The predicted octanol–water partition coefficient (Wildman–Crippen LogP) is 3.27. The Kier molecular flexibility index (Phi) is 4.01. The zero-order valence-corrected chi connectivity index (χ0v) is 14.9. The molecule has 0 bridgehead atoms. The Morgan fingerprint density at radius 3 is 2.91 bits per heavy atom. The number of halogens is 1. The molecule has 0 unspecified atom stereocenters. The largest absolute Gasteiger partial charge is 0.318 e. The van der Waals surface area contributed by atoms with Crippen LogP contribution in [0.25, 0.3) is 10.2 Å². The summed E-state index contributed by atoms with van der Waals surface area (Å²) < 4.78 is 5.70. The van der Waals surface area contributed by atoms with Gasteiger partial charge in [0, 0.05) is 18.1 Å². The molecule has 3 rings (SSSR count). The van der Waals surface area contributed by atoms with Crippen molar-refractivity contribution in [2.24, 2.45) is 12.0 Å². The lowest BCUT2D eigenvalue weighted by Gasteiger charge is -2.00. The van der Waals surface area contributed by atoms with Crippen LogP contribution in [0.1, 0.15) is 23.1 Å². The smallest absolute Gasteiger partial charge is 0.297 e. The quantitative estimate of drug-likeness (QED) is 0.686. The van der Waals surface area contributed by atoms with Crippen molar-refractivity contribution in [2.45, 2.75) is 20.4 Å². The lowest BCUT2D eigenvalue weighted by Crippen LogP contribution is -2.15. The van der Waals surface area contributed by atoms with Gasteiger partial charge in [-0.15, -0.1) is 0 Å². The summed E-state index contributed by atoms with van der Waals surface area (Å²) in [5.41, 5.74) is 2.39. The fourth-order valence-electron chi connectivity index (χ4n) is 2.37. The maximum atomic E-state index is 12.5. The molecule has 114 valence electrons. The van der Waals surface area contributed by atoms with Gasteiger partial charge >= 0.3 is 0 Å². The summed E-state index contributed by atoms with van der Waals surface area (Å²) in [5.74, 6) is -0.263. The van der Waals surface area contributed by atoms with Gasteiger partial charge in [0.1, 0.15) is 5.69 Å². The Bertz CT molecular complexity index is 935. The van der Waals surface area contributed by atoms with E-state index < -0.39 is 0 Å². The van der Waals surface area contributed by atoms with Gasteiger partial charge in [-0.3, -0.25) is 9.48 Å². The Morgan fingerprint density at radius 1 is 1.45 bits per heavy atom. The number of fused-ring (bicyclic) bond motifs is 1. The van der Waals surface area contributed by atoms with Crippen LogP contribution in [0.2, 0.25) is 0 Å². The maximum Gasteiger partial charge on any atom is 0.297 e. The van der Waals surface area contributed by atoms with E-state index in [4.69, 9.17) is 0 Å². The van der Waals surface area contributed by atoms with Crippen LogP contribution in [0.4, 0.5) is 0 Å². The number of benzene rings is 1. The molecule has 0 atom stereocenters. The van der Waals surface area contributed by atoms with Crippen molar-refractivity contribution < 1.29 is 4.79 Å². The average molecular weight is 379 g/mol. The Balaban J connectivity index is 2.14. The van der Waals surface area contributed by atoms with Crippen LogP contribution in [0, 0.1) is 6.92 Å². The van der Waals surface area contributed by atoms with Gasteiger partial charge in [0.2, 0.25) is 0 Å². The molecule has 1 amide bonds. The van der Waals surface area contributed by atoms with Gasteiger partial charge in [-0.2, -0.15) is 10.1 Å². The summed E-state index contributed by atoms with van der Waals surface area (Å²) >= 11 is 5.04. The number of rotatable bonds is 2. The monoisotopic (exact) mass is 378 g/mol. The fourth-order valence-corrected chi connectivity index (χ4v) is 4.17. The van der Waals surface area contributed by atoms with E-state index >= 15 is 0 Å². The van der Waals surface area contributed by atoms with Gasteiger partial charge < -0.3 is 4.57 Å². The van der Waals surface area contributed by atoms with Crippen LogP contribution < -0.4 is 4.80 Å². The van der Waals surface area contributed by atoms with Gasteiger partial charge in [0.25, 0.3) is 5.91 Å². The molecule has 0 aliphatic heterocycles. The average Bonchev–Trinajstić information content (AvgIpc) is 3.01. The second-order valence-electron chi connectivity index (χ2n) is 4.93. The third kappa shape index (κ3) is 2.55. The van der Waals surface area contributed by atoms with E-state index in [1.54, 1.807) is 10.7 Å². The van der Waals surface area contributed by atoms with E-state index in [1.165, 1.54) is 11.3 Å². The van der Waals surface area contributed by atoms with Gasteiger partial charge in [-0.05, 0) is 48.0 Å². The summed E-state index contributed by atoms with van der Waals surface area (Å²) in [6.45, 7) is 4.48. The van der Waals surface area contributed by atoms with Crippen molar-refractivity contribution in [1.82, 2.24) is 14.3 Å². The molecule has 0 aliphatic carbocycles. The zero-order valence-electron chi connectivity index (χ0n) is 12.5. The number of carbonyl (C=O) groups is 1. The van der Waals surface area contributed by atoms with Crippen molar-refractivity contribution in [3.05, 3.63) is 44.9 Å². The van der Waals surface area contributed by atoms with E-state index in [0.717, 1.165) is 20.4 Å². The first-order chi connectivity index (χ1) is 10.5. The number of hydrogen-bond donors (Lipinski definition) is 0. The van der Waals surface area contributed by atoms with Crippen LogP contribution in [0.5, 0.6) is 0 Å². The lowest BCUT2D eigenvalue weighted by molar-refractivity contribution is 0.0988. The molecule has 7 heteroatoms. The molecular weight excluding hydrogens is 364 g/mol. The predicted molar refractivity (Wildman–Crippen MR) is 91.0 cm³/mol. The van der Waals surface area contributed by atoms with E-state index in [9.17, 15) is 4.79 Å². The molecule has 3 aromatic rings. The summed E-state index contributed by atoms with van der Waals surface area (Å²) in [6.07, 6.45) is 0. The van der Waals surface area contributed by atoms with Crippen molar-refractivity contribution in [2.75, 3.05) is 0 Å². The van der Waals surface area contributed by atoms with E-state index in [0.29, 0.717) is 17.0 Å². The van der Waals surface area contributed by atoms with Crippen molar-refractivity contribution >= 4 is 43.4 Å². The van der Waals surface area contributed by atoms with Crippen LogP contribution in [-0.4, -0.2) is 20.3 Å². The molecule has 0 saturated carbocycles. The van der Waals surface area contributed by atoms with Gasteiger partial charge in [0.15, 0.2) is 4.80 Å². The lowest BCUT2D eigenvalue weighted by atomic mass is 10.3. The second kappa shape index (κ2) is 5.81. The molecule has 2 aromatic heterocycles. The van der Waals surface area contributed by atoms with E-state index in [2.05, 4.69) is 26.0 Å². The highest BCUT2D eigenvalue weighted by Crippen LogP contribution is 2.24. The number of aryl methyl sites for hydroxylation is 3. The number of para-hydroxylation sites is 1. The third-order valence-electron chi connectivity index (χ3n) is 3.39. The van der Waals surface area contributed by atoms with E-state index in [-0.39, 0.29) is 5.91 Å². The zero-order chi connectivity index (χ0) is 15.9. The highest BCUT2D eigenvalue weighted by molar-refractivity contribution is 9.10. The Hall–Kier alpha value is -1.73. The second-order valence-corrected chi connectivity index (χ2v) is 6.80. The van der Waals surface area contributed by atoms with E-state index in [1.807, 2.05) is 43.7 Å². The van der Waals surface area contributed by atoms with Crippen LogP contribution >= 0.6 is 27.3 Å². The molecule has 0 N–H and O–H groups in total. The minimum Gasteiger partial charge on any atom is -0.318 e. The number of aromatic nitrogens is 3. The van der Waals surface area contributed by atoms with Gasteiger partial charge in [-0.1, -0.05) is 17.4 Å². The molecule has 1 aromatic carbocycles. The molecule has 2 heterocycles. The highest BCUT2D eigenvalue weighted by atomic mass is 79.9. The third-order valence-corrected chi connectivity index (χ3v) is 5.13. The molecular formula is C15H15BrN4OS. The SMILES string of the molecule is CCn1nc(C)cc1C(=O)N=c1sc2cccc(Br)c2n1C. The minimum absolute atomic E-state index is 0.263. The minimum atomic E-state index is -0.263. The van der Waals surface area contributed by atoms with Crippen LogP contribution in [0.15, 0.2) is 33.7 Å². The number of amides is 1. The normalized spacial score (nSPS) is 12.3.